The van der Waals surface area contributed by atoms with Crippen molar-refractivity contribution in [3.05, 3.63) is 59.4 Å². The first-order chi connectivity index (χ1) is 14.1. The van der Waals surface area contributed by atoms with Crippen LogP contribution in [0.25, 0.3) is 10.8 Å². The molecular weight excluding hydrogens is 365 g/mol. The molecule has 3 heterocycles. The minimum absolute atomic E-state index is 0.0703. The van der Waals surface area contributed by atoms with Crippen LogP contribution < -0.4 is 10.6 Å². The van der Waals surface area contributed by atoms with E-state index in [1.165, 1.54) is 30.0 Å². The van der Waals surface area contributed by atoms with E-state index < -0.39 is 0 Å². The molecule has 1 amide bonds. The van der Waals surface area contributed by atoms with Gasteiger partial charge in [-0.25, -0.2) is 4.39 Å². The standard InChI is InChI=1S/C24H28FN3O/c25-20-4-3-18-9-16(1-2-19(18)13-20)14-28-8-7-23(15-28)27-24(29)12-17-10-21-5-6-22(11-17)26-21/h1-4,9,12-13,21-23,26H,5-8,10-11,14-15H2,(H,27,29)/t21?,22?,23-/m1/s1. The molecule has 0 aliphatic carbocycles. The first-order valence-electron chi connectivity index (χ1n) is 10.8. The first-order valence-corrected chi connectivity index (χ1v) is 10.8. The molecule has 2 aromatic rings. The molecule has 152 valence electrons. The first kappa shape index (κ1) is 18.8. The number of likely N-dealkylation sites (tertiary alicyclic amines) is 1. The second-order valence-electron chi connectivity index (χ2n) is 8.90. The smallest absolute Gasteiger partial charge is 0.244 e. The summed E-state index contributed by atoms with van der Waals surface area (Å²) in [4.78, 5) is 14.9. The lowest BCUT2D eigenvalue weighted by Gasteiger charge is -2.23. The maximum Gasteiger partial charge on any atom is 0.244 e. The largest absolute Gasteiger partial charge is 0.348 e. The van der Waals surface area contributed by atoms with Crippen LogP contribution in [0.15, 0.2) is 48.0 Å². The Morgan fingerprint density at radius 2 is 1.86 bits per heavy atom. The van der Waals surface area contributed by atoms with E-state index in [0.29, 0.717) is 12.1 Å². The molecule has 2 bridgehead atoms. The highest BCUT2D eigenvalue weighted by Gasteiger charge is 2.30. The number of hydrogen-bond acceptors (Lipinski definition) is 3. The highest BCUT2D eigenvalue weighted by Crippen LogP contribution is 2.30. The van der Waals surface area contributed by atoms with E-state index in [9.17, 15) is 9.18 Å². The van der Waals surface area contributed by atoms with E-state index in [1.54, 1.807) is 6.07 Å². The van der Waals surface area contributed by atoms with Gasteiger partial charge in [0.15, 0.2) is 0 Å². The minimum atomic E-state index is -0.199. The summed E-state index contributed by atoms with van der Waals surface area (Å²) in [5.74, 6) is -0.128. The number of benzene rings is 2. The predicted octanol–water partition coefficient (Wildman–Crippen LogP) is 3.51. The lowest BCUT2D eigenvalue weighted by atomic mass is 9.98. The van der Waals surface area contributed by atoms with E-state index in [1.807, 2.05) is 18.2 Å². The van der Waals surface area contributed by atoms with Crippen molar-refractivity contribution in [1.29, 1.82) is 0 Å². The van der Waals surface area contributed by atoms with Crippen LogP contribution in [-0.4, -0.2) is 42.0 Å². The summed E-state index contributed by atoms with van der Waals surface area (Å²) in [6, 6.07) is 12.5. The number of piperidine rings is 1. The third kappa shape index (κ3) is 4.36. The van der Waals surface area contributed by atoms with Crippen LogP contribution in [0.4, 0.5) is 4.39 Å². The predicted molar refractivity (Wildman–Crippen MR) is 113 cm³/mol. The van der Waals surface area contributed by atoms with Crippen LogP contribution in [-0.2, 0) is 11.3 Å². The average molecular weight is 394 g/mol. The van der Waals surface area contributed by atoms with Crippen molar-refractivity contribution < 1.29 is 9.18 Å². The van der Waals surface area contributed by atoms with Crippen LogP contribution in [0.3, 0.4) is 0 Å². The molecule has 5 heteroatoms. The number of fused-ring (bicyclic) bond motifs is 3. The molecule has 5 rings (SSSR count). The van der Waals surface area contributed by atoms with Gasteiger partial charge in [0.25, 0.3) is 0 Å². The van der Waals surface area contributed by atoms with Crippen molar-refractivity contribution in [3.8, 4) is 0 Å². The van der Waals surface area contributed by atoms with Crippen LogP contribution in [0, 0.1) is 5.82 Å². The van der Waals surface area contributed by atoms with E-state index >= 15 is 0 Å². The molecular formula is C24H28FN3O. The molecule has 29 heavy (non-hydrogen) atoms. The number of nitrogens with one attached hydrogen (secondary N) is 2. The average Bonchev–Trinajstić information content (AvgIpc) is 3.27. The molecule has 3 saturated heterocycles. The number of rotatable bonds is 4. The molecule has 0 aromatic heterocycles. The number of carbonyl (C=O) groups is 1. The Morgan fingerprint density at radius 3 is 2.69 bits per heavy atom. The summed E-state index contributed by atoms with van der Waals surface area (Å²) in [6.07, 6.45) is 7.37. The van der Waals surface area contributed by atoms with Crippen molar-refractivity contribution in [2.24, 2.45) is 0 Å². The van der Waals surface area contributed by atoms with Gasteiger partial charge in [0, 0.05) is 43.8 Å². The zero-order chi connectivity index (χ0) is 19.8. The summed E-state index contributed by atoms with van der Waals surface area (Å²) in [5.41, 5.74) is 2.53. The van der Waals surface area contributed by atoms with Gasteiger partial charge in [0.1, 0.15) is 5.82 Å². The van der Waals surface area contributed by atoms with E-state index in [0.717, 1.165) is 49.7 Å². The molecule has 0 spiro atoms. The van der Waals surface area contributed by atoms with Crippen LogP contribution in [0.5, 0.6) is 0 Å². The van der Waals surface area contributed by atoms with Gasteiger partial charge in [-0.3, -0.25) is 9.69 Å². The molecule has 2 N–H and O–H groups in total. The topological polar surface area (TPSA) is 44.4 Å². The van der Waals surface area contributed by atoms with E-state index in [-0.39, 0.29) is 17.8 Å². The molecule has 3 atom stereocenters. The van der Waals surface area contributed by atoms with Gasteiger partial charge >= 0.3 is 0 Å². The summed E-state index contributed by atoms with van der Waals surface area (Å²) >= 11 is 0. The van der Waals surface area contributed by atoms with Crippen LogP contribution >= 0.6 is 0 Å². The van der Waals surface area contributed by atoms with Crippen molar-refractivity contribution >= 4 is 16.7 Å². The highest BCUT2D eigenvalue weighted by molar-refractivity contribution is 5.88. The zero-order valence-electron chi connectivity index (χ0n) is 16.7. The number of amides is 1. The second kappa shape index (κ2) is 7.88. The molecule has 3 aliphatic rings. The molecule has 3 fully saturated rings. The van der Waals surface area contributed by atoms with Gasteiger partial charge in [-0.05, 0) is 66.6 Å². The van der Waals surface area contributed by atoms with Crippen molar-refractivity contribution in [2.75, 3.05) is 13.1 Å². The SMILES string of the molecule is O=C(C=C1CC2CCC(C1)N2)N[C@@H]1CCN(Cc2ccc3cc(F)ccc3c2)C1. The number of nitrogens with zero attached hydrogens (tertiary/aromatic N) is 1. The van der Waals surface area contributed by atoms with Crippen molar-refractivity contribution in [1.82, 2.24) is 15.5 Å². The Labute approximate surface area is 171 Å². The number of carbonyl (C=O) groups excluding carboxylic acids is 1. The highest BCUT2D eigenvalue weighted by atomic mass is 19.1. The zero-order valence-corrected chi connectivity index (χ0v) is 16.7. The molecule has 0 radical (unpaired) electrons. The van der Waals surface area contributed by atoms with Crippen LogP contribution in [0.2, 0.25) is 0 Å². The fourth-order valence-electron chi connectivity index (χ4n) is 5.20. The Kier molecular flexibility index (Phi) is 5.10. The lowest BCUT2D eigenvalue weighted by Crippen LogP contribution is -2.38. The van der Waals surface area contributed by atoms with Gasteiger partial charge in [-0.2, -0.15) is 0 Å². The third-order valence-electron chi connectivity index (χ3n) is 6.58. The third-order valence-corrected chi connectivity index (χ3v) is 6.58. The monoisotopic (exact) mass is 393 g/mol. The summed E-state index contributed by atoms with van der Waals surface area (Å²) in [7, 11) is 0. The number of halogens is 1. The summed E-state index contributed by atoms with van der Waals surface area (Å²) in [5, 5.41) is 8.82. The molecule has 0 saturated carbocycles. The maximum atomic E-state index is 13.4. The van der Waals surface area contributed by atoms with Gasteiger partial charge in [-0.15, -0.1) is 0 Å². The van der Waals surface area contributed by atoms with E-state index in [2.05, 4.69) is 27.7 Å². The normalized spacial score (nSPS) is 26.8. The lowest BCUT2D eigenvalue weighted by molar-refractivity contribution is -0.117. The molecule has 2 unspecified atom stereocenters. The van der Waals surface area contributed by atoms with Crippen LogP contribution in [0.1, 0.15) is 37.7 Å². The summed E-state index contributed by atoms with van der Waals surface area (Å²) < 4.78 is 13.4. The maximum absolute atomic E-state index is 13.4. The minimum Gasteiger partial charge on any atom is -0.348 e. The fraction of sp³-hybridized carbons (Fsp3) is 0.458. The van der Waals surface area contributed by atoms with Crippen molar-refractivity contribution in [3.63, 3.8) is 0 Å². The quantitative estimate of drug-likeness (QED) is 0.782. The van der Waals surface area contributed by atoms with Crippen molar-refractivity contribution in [2.45, 2.75) is 56.8 Å². The summed E-state index contributed by atoms with van der Waals surface area (Å²) in [6.45, 7) is 2.72. The Morgan fingerprint density at radius 1 is 1.10 bits per heavy atom. The number of hydrogen-bond donors (Lipinski definition) is 2. The van der Waals surface area contributed by atoms with Gasteiger partial charge in [0.2, 0.25) is 5.91 Å². The fourth-order valence-corrected chi connectivity index (χ4v) is 5.20. The van der Waals surface area contributed by atoms with Gasteiger partial charge < -0.3 is 10.6 Å². The Bertz CT molecular complexity index is 942. The Hall–Kier alpha value is -2.24. The van der Waals surface area contributed by atoms with Gasteiger partial charge in [0.05, 0.1) is 0 Å². The van der Waals surface area contributed by atoms with E-state index in [4.69, 9.17) is 0 Å². The molecule has 2 aromatic carbocycles. The Balaban J connectivity index is 1.15. The second-order valence-corrected chi connectivity index (χ2v) is 8.90. The molecule has 4 nitrogen and oxygen atoms in total. The van der Waals surface area contributed by atoms with Gasteiger partial charge in [-0.1, -0.05) is 23.8 Å². The molecule has 3 aliphatic heterocycles.